The summed E-state index contributed by atoms with van der Waals surface area (Å²) in [5.41, 5.74) is 0.923. The fourth-order valence-corrected chi connectivity index (χ4v) is 1.95. The molecular weight excluding hydrogens is 226 g/mol. The highest BCUT2D eigenvalue weighted by molar-refractivity contribution is 6.31. The summed E-state index contributed by atoms with van der Waals surface area (Å²) in [5.74, 6) is -0.0726. The molecule has 4 heteroatoms. The molecule has 0 unspecified atom stereocenters. The topological polar surface area (TPSA) is 37.4 Å². The minimum atomic E-state index is -0.101. The zero-order chi connectivity index (χ0) is 11.5. The van der Waals surface area contributed by atoms with Gasteiger partial charge in [-0.25, -0.2) is 0 Å². The Hall–Kier alpha value is -1.35. The van der Waals surface area contributed by atoms with Gasteiger partial charge in [-0.1, -0.05) is 29.8 Å². The molecule has 16 heavy (non-hydrogen) atoms. The number of carbonyl (C=O) groups excluding carboxylic acids is 2. The molecule has 0 saturated carbocycles. The fourth-order valence-electron chi connectivity index (χ4n) is 1.75. The van der Waals surface area contributed by atoms with Crippen molar-refractivity contribution in [3.05, 3.63) is 34.9 Å². The molecule has 0 spiro atoms. The van der Waals surface area contributed by atoms with E-state index >= 15 is 0 Å². The molecule has 0 radical (unpaired) electrons. The van der Waals surface area contributed by atoms with E-state index in [-0.39, 0.29) is 18.1 Å². The molecule has 1 saturated heterocycles. The van der Waals surface area contributed by atoms with Gasteiger partial charge in [0.15, 0.2) is 0 Å². The second-order valence-corrected chi connectivity index (χ2v) is 4.28. The SMILES string of the molecule is O=C1CCN(Cc2ccccc2Cl)C(=O)C1. The number of Topliss-reactive ketones (excluding diaryl/α,β-unsaturated/α-hetero) is 1. The maximum absolute atomic E-state index is 11.6. The average Bonchev–Trinajstić information content (AvgIpc) is 2.25. The number of hydrogen-bond acceptors (Lipinski definition) is 2. The van der Waals surface area contributed by atoms with E-state index in [1.807, 2.05) is 18.2 Å². The van der Waals surface area contributed by atoms with Crippen LogP contribution in [0.4, 0.5) is 0 Å². The van der Waals surface area contributed by atoms with Crippen LogP contribution in [0.3, 0.4) is 0 Å². The third kappa shape index (κ3) is 2.42. The quantitative estimate of drug-likeness (QED) is 0.738. The smallest absolute Gasteiger partial charge is 0.230 e. The summed E-state index contributed by atoms with van der Waals surface area (Å²) >= 11 is 6.01. The van der Waals surface area contributed by atoms with Crippen LogP contribution in [0.25, 0.3) is 0 Å². The molecule has 1 aromatic carbocycles. The highest BCUT2D eigenvalue weighted by Crippen LogP contribution is 2.19. The van der Waals surface area contributed by atoms with E-state index in [2.05, 4.69) is 0 Å². The first-order valence-electron chi connectivity index (χ1n) is 5.19. The van der Waals surface area contributed by atoms with Crippen molar-refractivity contribution in [3.63, 3.8) is 0 Å². The molecule has 1 amide bonds. The number of hydrogen-bond donors (Lipinski definition) is 0. The third-order valence-corrected chi connectivity index (χ3v) is 3.05. The van der Waals surface area contributed by atoms with Crippen molar-refractivity contribution >= 4 is 23.3 Å². The zero-order valence-electron chi connectivity index (χ0n) is 8.78. The van der Waals surface area contributed by atoms with E-state index in [9.17, 15) is 9.59 Å². The summed E-state index contributed by atoms with van der Waals surface area (Å²) in [5, 5.41) is 0.659. The van der Waals surface area contributed by atoms with E-state index in [1.54, 1.807) is 11.0 Å². The molecule has 0 N–H and O–H groups in total. The normalized spacial score (nSPS) is 16.7. The Morgan fingerprint density at radius 3 is 2.69 bits per heavy atom. The Morgan fingerprint density at radius 2 is 2.00 bits per heavy atom. The molecular formula is C12H12ClNO2. The molecule has 0 bridgehead atoms. The number of rotatable bonds is 2. The summed E-state index contributed by atoms with van der Waals surface area (Å²) in [4.78, 5) is 24.3. The average molecular weight is 238 g/mol. The van der Waals surface area contributed by atoms with E-state index in [1.165, 1.54) is 0 Å². The second kappa shape index (κ2) is 4.66. The van der Waals surface area contributed by atoms with Gasteiger partial charge in [-0.05, 0) is 11.6 Å². The van der Waals surface area contributed by atoms with Gasteiger partial charge in [-0.2, -0.15) is 0 Å². The van der Waals surface area contributed by atoms with Gasteiger partial charge >= 0.3 is 0 Å². The van der Waals surface area contributed by atoms with Gasteiger partial charge in [-0.3, -0.25) is 9.59 Å². The Labute approximate surface area is 99.0 Å². The number of piperidine rings is 1. The molecule has 2 rings (SSSR count). The van der Waals surface area contributed by atoms with Crippen molar-refractivity contribution in [2.45, 2.75) is 19.4 Å². The molecule has 84 valence electrons. The van der Waals surface area contributed by atoms with Crippen molar-refractivity contribution in [1.29, 1.82) is 0 Å². The lowest BCUT2D eigenvalue weighted by Crippen LogP contribution is -2.38. The molecule has 0 aliphatic carbocycles. The first-order chi connectivity index (χ1) is 7.66. The monoisotopic (exact) mass is 237 g/mol. The van der Waals surface area contributed by atoms with Crippen LogP contribution in [-0.4, -0.2) is 23.1 Å². The molecule has 1 aliphatic heterocycles. The van der Waals surface area contributed by atoms with Crippen LogP contribution in [0.15, 0.2) is 24.3 Å². The van der Waals surface area contributed by atoms with Crippen LogP contribution >= 0.6 is 11.6 Å². The molecule has 1 heterocycles. The van der Waals surface area contributed by atoms with Crippen molar-refractivity contribution in [1.82, 2.24) is 4.90 Å². The molecule has 1 aromatic rings. The Morgan fingerprint density at radius 1 is 1.25 bits per heavy atom. The Kier molecular flexibility index (Phi) is 3.25. The number of likely N-dealkylation sites (tertiary alicyclic amines) is 1. The third-order valence-electron chi connectivity index (χ3n) is 2.68. The van der Waals surface area contributed by atoms with E-state index in [4.69, 9.17) is 11.6 Å². The number of amides is 1. The van der Waals surface area contributed by atoms with Crippen LogP contribution in [0, 0.1) is 0 Å². The minimum absolute atomic E-state index is 0.0282. The number of benzene rings is 1. The van der Waals surface area contributed by atoms with Gasteiger partial charge in [-0.15, -0.1) is 0 Å². The predicted molar refractivity (Wildman–Crippen MR) is 61.1 cm³/mol. The first kappa shape index (κ1) is 11.1. The van der Waals surface area contributed by atoms with Crippen LogP contribution < -0.4 is 0 Å². The fraction of sp³-hybridized carbons (Fsp3) is 0.333. The van der Waals surface area contributed by atoms with Crippen molar-refractivity contribution < 1.29 is 9.59 Å². The van der Waals surface area contributed by atoms with Crippen molar-refractivity contribution in [2.75, 3.05) is 6.54 Å². The van der Waals surface area contributed by atoms with Crippen LogP contribution in [0.2, 0.25) is 5.02 Å². The van der Waals surface area contributed by atoms with Gasteiger partial charge in [0.1, 0.15) is 5.78 Å². The Balaban J connectivity index is 2.08. The standard InChI is InChI=1S/C12H12ClNO2/c13-11-4-2-1-3-9(11)8-14-6-5-10(15)7-12(14)16/h1-4H,5-8H2. The highest BCUT2D eigenvalue weighted by Gasteiger charge is 2.23. The predicted octanol–water partition coefficient (Wildman–Crippen LogP) is 2.03. The molecule has 1 aliphatic rings. The lowest BCUT2D eigenvalue weighted by atomic mass is 10.1. The van der Waals surface area contributed by atoms with Crippen molar-refractivity contribution in [2.24, 2.45) is 0 Å². The number of nitrogens with zero attached hydrogens (tertiary/aromatic N) is 1. The summed E-state index contributed by atoms with van der Waals surface area (Å²) in [6, 6.07) is 7.44. The molecule has 1 fully saturated rings. The number of halogens is 1. The maximum Gasteiger partial charge on any atom is 0.230 e. The van der Waals surface area contributed by atoms with E-state index < -0.39 is 0 Å². The van der Waals surface area contributed by atoms with Gasteiger partial charge in [0, 0.05) is 24.5 Å². The molecule has 3 nitrogen and oxygen atoms in total. The van der Waals surface area contributed by atoms with E-state index in [0.717, 1.165) is 5.56 Å². The summed E-state index contributed by atoms with van der Waals surface area (Å²) in [7, 11) is 0. The van der Waals surface area contributed by atoms with Gasteiger partial charge in [0.2, 0.25) is 5.91 Å². The van der Waals surface area contributed by atoms with Gasteiger partial charge in [0.25, 0.3) is 0 Å². The largest absolute Gasteiger partial charge is 0.337 e. The van der Waals surface area contributed by atoms with Crippen LogP contribution in [0.1, 0.15) is 18.4 Å². The zero-order valence-corrected chi connectivity index (χ0v) is 9.54. The lowest BCUT2D eigenvalue weighted by Gasteiger charge is -2.26. The second-order valence-electron chi connectivity index (χ2n) is 3.87. The highest BCUT2D eigenvalue weighted by atomic mass is 35.5. The van der Waals surface area contributed by atoms with Crippen LogP contribution in [-0.2, 0) is 16.1 Å². The lowest BCUT2D eigenvalue weighted by molar-refractivity contribution is -0.139. The summed E-state index contributed by atoms with van der Waals surface area (Å²) in [6.45, 7) is 0.995. The first-order valence-corrected chi connectivity index (χ1v) is 5.57. The number of ketones is 1. The minimum Gasteiger partial charge on any atom is -0.337 e. The van der Waals surface area contributed by atoms with Gasteiger partial charge < -0.3 is 4.90 Å². The number of carbonyl (C=O) groups is 2. The van der Waals surface area contributed by atoms with Crippen molar-refractivity contribution in [3.8, 4) is 0 Å². The van der Waals surface area contributed by atoms with Gasteiger partial charge in [0.05, 0.1) is 6.42 Å². The molecule has 0 atom stereocenters. The summed E-state index contributed by atoms with van der Waals surface area (Å²) in [6.07, 6.45) is 0.487. The summed E-state index contributed by atoms with van der Waals surface area (Å²) < 4.78 is 0. The maximum atomic E-state index is 11.6. The van der Waals surface area contributed by atoms with E-state index in [0.29, 0.717) is 24.5 Å². The Bertz CT molecular complexity index is 431. The molecule has 0 aromatic heterocycles. The van der Waals surface area contributed by atoms with Crippen LogP contribution in [0.5, 0.6) is 0 Å².